The second-order valence-electron chi connectivity index (χ2n) is 3.91. The number of nitrogens with zero attached hydrogens (tertiary/aromatic N) is 2. The lowest BCUT2D eigenvalue weighted by atomic mass is 10.2. The molecule has 2 aromatic heterocycles. The van der Waals surface area contributed by atoms with Crippen LogP contribution < -0.4 is 0 Å². The maximum absolute atomic E-state index is 6.24. The molecule has 0 bridgehead atoms. The third kappa shape index (κ3) is 1.62. The SMILES string of the molecule is ClCCc1nc(Cl)c2c3c(sc2n1)CCC3. The molecule has 0 unspecified atom stereocenters. The molecule has 0 radical (unpaired) electrons. The van der Waals surface area contributed by atoms with Gasteiger partial charge in [-0.1, -0.05) is 11.6 Å². The Kier molecular flexibility index (Phi) is 2.78. The van der Waals surface area contributed by atoms with Crippen LogP contribution in [0.15, 0.2) is 0 Å². The Balaban J connectivity index is 2.22. The number of rotatable bonds is 2. The topological polar surface area (TPSA) is 25.8 Å². The van der Waals surface area contributed by atoms with Crippen molar-refractivity contribution in [2.75, 3.05) is 5.88 Å². The maximum Gasteiger partial charge on any atom is 0.141 e. The van der Waals surface area contributed by atoms with Gasteiger partial charge in [0.1, 0.15) is 15.8 Å². The Morgan fingerprint density at radius 1 is 1.25 bits per heavy atom. The summed E-state index contributed by atoms with van der Waals surface area (Å²) in [5.41, 5.74) is 1.38. The van der Waals surface area contributed by atoms with E-state index in [1.165, 1.54) is 16.9 Å². The van der Waals surface area contributed by atoms with E-state index in [0.29, 0.717) is 17.5 Å². The van der Waals surface area contributed by atoms with E-state index in [1.807, 2.05) is 0 Å². The molecule has 1 aliphatic carbocycles. The van der Waals surface area contributed by atoms with E-state index in [4.69, 9.17) is 23.2 Å². The highest BCUT2D eigenvalue weighted by molar-refractivity contribution is 7.19. The third-order valence-corrected chi connectivity index (χ3v) is 4.53. The van der Waals surface area contributed by atoms with Gasteiger partial charge in [-0.3, -0.25) is 0 Å². The Morgan fingerprint density at radius 2 is 2.12 bits per heavy atom. The number of halogens is 2. The molecule has 16 heavy (non-hydrogen) atoms. The zero-order valence-electron chi connectivity index (χ0n) is 8.59. The van der Waals surface area contributed by atoms with Crippen molar-refractivity contribution >= 4 is 44.8 Å². The highest BCUT2D eigenvalue weighted by Crippen LogP contribution is 2.39. The molecule has 0 amide bonds. The van der Waals surface area contributed by atoms with Crippen molar-refractivity contribution in [3.8, 4) is 0 Å². The first kappa shape index (κ1) is 10.8. The van der Waals surface area contributed by atoms with Crippen LogP contribution in [-0.4, -0.2) is 15.8 Å². The van der Waals surface area contributed by atoms with Crippen LogP contribution in [0.3, 0.4) is 0 Å². The minimum atomic E-state index is 0.535. The fourth-order valence-corrected chi connectivity index (χ4v) is 4.00. The maximum atomic E-state index is 6.24. The van der Waals surface area contributed by atoms with Crippen LogP contribution >= 0.6 is 34.5 Å². The molecule has 1 aliphatic rings. The first-order valence-electron chi connectivity index (χ1n) is 5.32. The normalized spacial score (nSPS) is 14.6. The average molecular weight is 273 g/mol. The van der Waals surface area contributed by atoms with Gasteiger partial charge in [0.15, 0.2) is 0 Å². The van der Waals surface area contributed by atoms with E-state index in [1.54, 1.807) is 11.3 Å². The van der Waals surface area contributed by atoms with Gasteiger partial charge >= 0.3 is 0 Å². The number of fused-ring (bicyclic) bond motifs is 3. The second kappa shape index (κ2) is 4.13. The fourth-order valence-electron chi connectivity index (χ4n) is 2.19. The smallest absolute Gasteiger partial charge is 0.141 e. The third-order valence-electron chi connectivity index (χ3n) is 2.88. The molecule has 0 saturated heterocycles. The lowest BCUT2D eigenvalue weighted by Gasteiger charge is -2.00. The number of aromatic nitrogens is 2. The summed E-state index contributed by atoms with van der Waals surface area (Å²) in [4.78, 5) is 11.3. The molecule has 5 heteroatoms. The Morgan fingerprint density at radius 3 is 2.94 bits per heavy atom. The Bertz CT molecular complexity index is 550. The summed E-state index contributed by atoms with van der Waals surface area (Å²) < 4.78 is 0. The van der Waals surface area contributed by atoms with E-state index in [0.717, 1.165) is 28.9 Å². The zero-order chi connectivity index (χ0) is 11.1. The van der Waals surface area contributed by atoms with Gasteiger partial charge in [0.25, 0.3) is 0 Å². The summed E-state index contributed by atoms with van der Waals surface area (Å²) in [7, 11) is 0. The first-order chi connectivity index (χ1) is 7.79. The molecular weight excluding hydrogens is 263 g/mol. The van der Waals surface area contributed by atoms with E-state index >= 15 is 0 Å². The summed E-state index contributed by atoms with van der Waals surface area (Å²) in [5, 5.41) is 1.68. The predicted molar refractivity (Wildman–Crippen MR) is 68.9 cm³/mol. The molecule has 3 rings (SSSR count). The lowest BCUT2D eigenvalue weighted by molar-refractivity contribution is 0.915. The summed E-state index contributed by atoms with van der Waals surface area (Å²) >= 11 is 13.7. The van der Waals surface area contributed by atoms with E-state index in [2.05, 4.69) is 9.97 Å². The van der Waals surface area contributed by atoms with E-state index < -0.39 is 0 Å². The van der Waals surface area contributed by atoms with Crippen molar-refractivity contribution in [3.63, 3.8) is 0 Å². The van der Waals surface area contributed by atoms with Crippen LogP contribution in [0.1, 0.15) is 22.7 Å². The van der Waals surface area contributed by atoms with Gasteiger partial charge in [-0.15, -0.1) is 22.9 Å². The van der Waals surface area contributed by atoms with Gasteiger partial charge in [-0.25, -0.2) is 9.97 Å². The minimum Gasteiger partial charge on any atom is -0.222 e. The highest BCUT2D eigenvalue weighted by atomic mass is 35.5. The van der Waals surface area contributed by atoms with Crippen LogP contribution in [0.4, 0.5) is 0 Å². The second-order valence-corrected chi connectivity index (χ2v) is 5.73. The van der Waals surface area contributed by atoms with Crippen LogP contribution in [-0.2, 0) is 19.3 Å². The predicted octanol–water partition coefficient (Wildman–Crippen LogP) is 3.61. The monoisotopic (exact) mass is 272 g/mol. The van der Waals surface area contributed by atoms with Gasteiger partial charge in [0, 0.05) is 17.2 Å². The van der Waals surface area contributed by atoms with Crippen LogP contribution in [0.2, 0.25) is 5.15 Å². The van der Waals surface area contributed by atoms with Crippen molar-refractivity contribution < 1.29 is 0 Å². The summed E-state index contributed by atoms with van der Waals surface area (Å²) in [6.07, 6.45) is 4.20. The molecule has 2 nitrogen and oxygen atoms in total. The largest absolute Gasteiger partial charge is 0.222 e. The van der Waals surface area contributed by atoms with Gasteiger partial charge < -0.3 is 0 Å². The van der Waals surface area contributed by atoms with Crippen molar-refractivity contribution in [1.29, 1.82) is 0 Å². The molecule has 0 fully saturated rings. The molecule has 0 aromatic carbocycles. The summed E-state index contributed by atoms with van der Waals surface area (Å²) in [5.74, 6) is 1.29. The number of thiophene rings is 1. The van der Waals surface area contributed by atoms with Crippen molar-refractivity contribution in [1.82, 2.24) is 9.97 Å². The van der Waals surface area contributed by atoms with Gasteiger partial charge in [-0.2, -0.15) is 0 Å². The number of alkyl halides is 1. The molecule has 0 saturated carbocycles. The van der Waals surface area contributed by atoms with Gasteiger partial charge in [-0.05, 0) is 24.8 Å². The van der Waals surface area contributed by atoms with E-state index in [-0.39, 0.29) is 0 Å². The van der Waals surface area contributed by atoms with Gasteiger partial charge in [0.05, 0.1) is 5.39 Å². The molecule has 0 spiro atoms. The molecule has 0 atom stereocenters. The molecule has 2 aromatic rings. The summed E-state index contributed by atoms with van der Waals surface area (Å²) in [6, 6.07) is 0. The zero-order valence-corrected chi connectivity index (χ0v) is 10.9. The van der Waals surface area contributed by atoms with Crippen LogP contribution in [0, 0.1) is 0 Å². The lowest BCUT2D eigenvalue weighted by Crippen LogP contribution is -1.96. The molecular formula is C11H10Cl2N2S. The Labute approximate surface area is 108 Å². The average Bonchev–Trinajstić information content (AvgIpc) is 2.76. The standard InChI is InChI=1S/C11H10Cl2N2S/c12-5-4-8-14-10(13)9-6-2-1-3-7(6)16-11(9)15-8/h1-5H2. The first-order valence-corrected chi connectivity index (χ1v) is 7.05. The molecule has 0 aliphatic heterocycles. The molecule has 2 heterocycles. The fraction of sp³-hybridized carbons (Fsp3) is 0.455. The highest BCUT2D eigenvalue weighted by Gasteiger charge is 2.21. The van der Waals surface area contributed by atoms with Crippen molar-refractivity contribution in [3.05, 3.63) is 21.4 Å². The Hall–Kier alpha value is -0.380. The number of hydrogen-bond donors (Lipinski definition) is 0. The quantitative estimate of drug-likeness (QED) is 0.617. The van der Waals surface area contributed by atoms with Crippen LogP contribution in [0.5, 0.6) is 0 Å². The van der Waals surface area contributed by atoms with Crippen molar-refractivity contribution in [2.45, 2.75) is 25.7 Å². The number of aryl methyl sites for hydroxylation is 3. The van der Waals surface area contributed by atoms with Crippen molar-refractivity contribution in [2.24, 2.45) is 0 Å². The summed E-state index contributed by atoms with van der Waals surface area (Å²) in [6.45, 7) is 0. The molecule has 84 valence electrons. The minimum absolute atomic E-state index is 0.535. The van der Waals surface area contributed by atoms with Crippen LogP contribution in [0.25, 0.3) is 10.2 Å². The molecule has 0 N–H and O–H groups in total. The number of hydrogen-bond acceptors (Lipinski definition) is 3. The van der Waals surface area contributed by atoms with Gasteiger partial charge in [0.2, 0.25) is 0 Å². The van der Waals surface area contributed by atoms with E-state index in [9.17, 15) is 0 Å².